The van der Waals surface area contributed by atoms with Crippen LogP contribution in [0.1, 0.15) is 12.5 Å². The van der Waals surface area contributed by atoms with E-state index in [1.54, 1.807) is 6.92 Å². The van der Waals surface area contributed by atoms with Gasteiger partial charge in [-0.3, -0.25) is 10.1 Å². The number of nitrogens with one attached hydrogen (secondary N) is 1. The molecule has 1 N–H and O–H groups in total. The van der Waals surface area contributed by atoms with Gasteiger partial charge < -0.3 is 14.8 Å². The first-order valence-electron chi connectivity index (χ1n) is 7.18. The second-order valence-electron chi connectivity index (χ2n) is 5.38. The molecule has 24 heavy (non-hydrogen) atoms. The zero-order valence-corrected chi connectivity index (χ0v) is 12.7. The van der Waals surface area contributed by atoms with Crippen LogP contribution in [0.3, 0.4) is 0 Å². The lowest BCUT2D eigenvalue weighted by atomic mass is 10.1. The second-order valence-corrected chi connectivity index (χ2v) is 5.38. The van der Waals surface area contributed by atoms with Crippen molar-refractivity contribution in [3.8, 4) is 0 Å². The first-order chi connectivity index (χ1) is 11.4. The molecule has 1 aliphatic heterocycles. The molecule has 1 fully saturated rings. The normalized spacial score (nSPS) is 16.1. The number of halogens is 2. The maximum atomic E-state index is 13.8. The Balaban J connectivity index is 2.02. The summed E-state index contributed by atoms with van der Waals surface area (Å²) < 4.78 is 37.9. The van der Waals surface area contributed by atoms with Gasteiger partial charge in [-0.2, -0.15) is 0 Å². The van der Waals surface area contributed by atoms with E-state index in [9.17, 15) is 18.9 Å². The van der Waals surface area contributed by atoms with Crippen LogP contribution in [0.25, 0.3) is 0 Å². The lowest BCUT2D eigenvalue weighted by molar-refractivity contribution is -0.384. The number of nitro groups is 1. The number of nitro benzene ring substituents is 1. The number of rotatable bonds is 4. The van der Waals surface area contributed by atoms with Gasteiger partial charge in [-0.1, -0.05) is 0 Å². The highest BCUT2D eigenvalue weighted by atomic mass is 19.1. The van der Waals surface area contributed by atoms with Crippen LogP contribution in [-0.4, -0.2) is 18.1 Å². The molecule has 2 aromatic rings. The predicted molar refractivity (Wildman–Crippen MR) is 82.0 cm³/mol. The molecule has 6 nitrogen and oxygen atoms in total. The molecule has 0 spiro atoms. The fraction of sp³-hybridized carbons (Fsp3) is 0.250. The molecule has 0 aromatic heterocycles. The number of nitrogens with zero attached hydrogens (tertiary/aromatic N) is 1. The van der Waals surface area contributed by atoms with Crippen molar-refractivity contribution in [3.63, 3.8) is 0 Å². The first-order valence-corrected chi connectivity index (χ1v) is 7.18. The van der Waals surface area contributed by atoms with Crippen LogP contribution in [0.15, 0.2) is 36.4 Å². The lowest BCUT2D eigenvalue weighted by Crippen LogP contribution is -2.22. The van der Waals surface area contributed by atoms with E-state index in [1.165, 1.54) is 24.3 Å². The number of hydrogen-bond acceptors (Lipinski definition) is 5. The smallest absolute Gasteiger partial charge is 0.292 e. The van der Waals surface area contributed by atoms with Crippen molar-refractivity contribution in [1.29, 1.82) is 0 Å². The molecule has 0 saturated carbocycles. The summed E-state index contributed by atoms with van der Waals surface area (Å²) in [5, 5.41) is 13.8. The number of benzene rings is 2. The van der Waals surface area contributed by atoms with E-state index in [4.69, 9.17) is 9.47 Å². The molecule has 2 aromatic carbocycles. The molecule has 1 aliphatic rings. The minimum absolute atomic E-state index is 0.0586. The van der Waals surface area contributed by atoms with Gasteiger partial charge in [-0.15, -0.1) is 0 Å². The average molecular weight is 336 g/mol. The van der Waals surface area contributed by atoms with Gasteiger partial charge in [0.05, 0.1) is 23.8 Å². The van der Waals surface area contributed by atoms with Gasteiger partial charge in [0.25, 0.3) is 5.69 Å². The quantitative estimate of drug-likeness (QED) is 0.678. The van der Waals surface area contributed by atoms with Crippen LogP contribution >= 0.6 is 0 Å². The fourth-order valence-corrected chi connectivity index (χ4v) is 2.49. The van der Waals surface area contributed by atoms with Crippen LogP contribution < -0.4 is 5.32 Å². The van der Waals surface area contributed by atoms with Crippen molar-refractivity contribution < 1.29 is 23.2 Å². The summed E-state index contributed by atoms with van der Waals surface area (Å²) in [6.07, 6.45) is 0. The van der Waals surface area contributed by atoms with E-state index < -0.39 is 22.3 Å². The highest BCUT2D eigenvalue weighted by molar-refractivity contribution is 5.70. The van der Waals surface area contributed by atoms with Crippen molar-refractivity contribution in [3.05, 3.63) is 63.7 Å². The zero-order chi connectivity index (χ0) is 17.3. The molecule has 0 radical (unpaired) electrons. The summed E-state index contributed by atoms with van der Waals surface area (Å²) in [7, 11) is 0. The lowest BCUT2D eigenvalue weighted by Gasteiger charge is -2.23. The third-order valence-corrected chi connectivity index (χ3v) is 3.76. The molecule has 0 atom stereocenters. The largest absolute Gasteiger partial charge is 0.348 e. The van der Waals surface area contributed by atoms with E-state index in [0.29, 0.717) is 24.8 Å². The molecule has 0 unspecified atom stereocenters. The molecule has 1 heterocycles. The standard InChI is InChI=1S/C16H14F2N2O4/c1-16(23-6-7-24-16)10-2-5-15(20(21)22)14(8-10)19-13-4-3-11(17)9-12(13)18/h2-5,8-9,19H,6-7H2,1H3. The summed E-state index contributed by atoms with van der Waals surface area (Å²) >= 11 is 0. The SMILES string of the molecule is CC1(c2ccc([N+](=O)[O-])c(Nc3ccc(F)cc3F)c2)OCCO1. The molecule has 1 saturated heterocycles. The predicted octanol–water partition coefficient (Wildman–Crippen LogP) is 3.84. The summed E-state index contributed by atoms with van der Waals surface area (Å²) in [5.74, 6) is -2.61. The Labute approximate surface area is 136 Å². The Bertz CT molecular complexity index is 792. The molecular weight excluding hydrogens is 322 g/mol. The maximum Gasteiger partial charge on any atom is 0.292 e. The van der Waals surface area contributed by atoms with E-state index in [2.05, 4.69) is 5.32 Å². The van der Waals surface area contributed by atoms with Gasteiger partial charge in [-0.05, 0) is 31.2 Å². The van der Waals surface area contributed by atoms with E-state index in [0.717, 1.165) is 6.07 Å². The minimum atomic E-state index is -1.02. The van der Waals surface area contributed by atoms with E-state index >= 15 is 0 Å². The molecule has 0 aliphatic carbocycles. The van der Waals surface area contributed by atoms with E-state index in [1.807, 2.05) is 0 Å². The van der Waals surface area contributed by atoms with Gasteiger partial charge in [0, 0.05) is 17.7 Å². The Kier molecular flexibility index (Phi) is 4.16. The van der Waals surface area contributed by atoms with Crippen LogP contribution in [0, 0.1) is 21.7 Å². The van der Waals surface area contributed by atoms with Crippen molar-refractivity contribution in [2.24, 2.45) is 0 Å². The van der Waals surface area contributed by atoms with Crippen LogP contribution in [0.5, 0.6) is 0 Å². The maximum absolute atomic E-state index is 13.8. The van der Waals surface area contributed by atoms with E-state index in [-0.39, 0.29) is 17.1 Å². The van der Waals surface area contributed by atoms with Crippen LogP contribution in [0.2, 0.25) is 0 Å². The average Bonchev–Trinajstić information content (AvgIpc) is 2.98. The Morgan fingerprint density at radius 1 is 1.12 bits per heavy atom. The summed E-state index contributed by atoms with van der Waals surface area (Å²) in [4.78, 5) is 10.6. The first kappa shape index (κ1) is 16.3. The topological polar surface area (TPSA) is 73.6 Å². The Morgan fingerprint density at radius 2 is 1.83 bits per heavy atom. The van der Waals surface area contributed by atoms with Gasteiger partial charge in [-0.25, -0.2) is 8.78 Å². The molecule has 0 amide bonds. The van der Waals surface area contributed by atoms with Crippen LogP contribution in [-0.2, 0) is 15.3 Å². The number of ether oxygens (including phenoxy) is 2. The number of anilines is 2. The third-order valence-electron chi connectivity index (χ3n) is 3.76. The summed E-state index contributed by atoms with van der Waals surface area (Å²) in [6, 6.07) is 7.21. The number of hydrogen-bond donors (Lipinski definition) is 1. The van der Waals surface area contributed by atoms with Gasteiger partial charge in [0.2, 0.25) is 0 Å². The van der Waals surface area contributed by atoms with Crippen molar-refractivity contribution in [2.75, 3.05) is 18.5 Å². The molecule has 0 bridgehead atoms. The molecular formula is C16H14F2N2O4. The second kappa shape index (κ2) is 6.14. The fourth-order valence-electron chi connectivity index (χ4n) is 2.49. The van der Waals surface area contributed by atoms with Gasteiger partial charge in [0.15, 0.2) is 5.79 Å². The molecule has 3 rings (SSSR count). The van der Waals surface area contributed by atoms with Gasteiger partial charge >= 0.3 is 0 Å². The molecule has 126 valence electrons. The van der Waals surface area contributed by atoms with Gasteiger partial charge in [0.1, 0.15) is 17.3 Å². The highest BCUT2D eigenvalue weighted by Crippen LogP contribution is 2.37. The highest BCUT2D eigenvalue weighted by Gasteiger charge is 2.34. The Hall–Kier alpha value is -2.58. The summed E-state index contributed by atoms with van der Waals surface area (Å²) in [6.45, 7) is 2.51. The zero-order valence-electron chi connectivity index (χ0n) is 12.7. The molecule has 8 heteroatoms. The Morgan fingerprint density at radius 3 is 2.46 bits per heavy atom. The summed E-state index contributed by atoms with van der Waals surface area (Å²) in [5.41, 5.74) is 0.290. The third kappa shape index (κ3) is 3.06. The van der Waals surface area contributed by atoms with Crippen molar-refractivity contribution in [1.82, 2.24) is 0 Å². The monoisotopic (exact) mass is 336 g/mol. The minimum Gasteiger partial charge on any atom is -0.348 e. The van der Waals surface area contributed by atoms with Crippen molar-refractivity contribution in [2.45, 2.75) is 12.7 Å². The van der Waals surface area contributed by atoms with Crippen molar-refractivity contribution >= 4 is 17.1 Å². The van der Waals surface area contributed by atoms with Crippen LogP contribution in [0.4, 0.5) is 25.8 Å².